The number of aromatic nitrogens is 1. The van der Waals surface area contributed by atoms with Gasteiger partial charge >= 0.3 is 0 Å². The fourth-order valence-electron chi connectivity index (χ4n) is 2.82. The Kier molecular flexibility index (Phi) is 5.36. The van der Waals surface area contributed by atoms with E-state index in [9.17, 15) is 18.8 Å². The van der Waals surface area contributed by atoms with E-state index >= 15 is 0 Å². The molecule has 27 heavy (non-hydrogen) atoms. The first-order valence-electron chi connectivity index (χ1n) is 8.48. The molecule has 7 nitrogen and oxygen atoms in total. The van der Waals surface area contributed by atoms with Gasteiger partial charge in [0.25, 0.3) is 17.4 Å². The lowest BCUT2D eigenvalue weighted by Crippen LogP contribution is -2.35. The van der Waals surface area contributed by atoms with Crippen molar-refractivity contribution >= 4 is 11.8 Å². The van der Waals surface area contributed by atoms with Gasteiger partial charge in [-0.25, -0.2) is 4.39 Å². The van der Waals surface area contributed by atoms with Crippen LogP contribution in [0.3, 0.4) is 0 Å². The minimum absolute atomic E-state index is 0.0309. The molecule has 1 aliphatic rings. The van der Waals surface area contributed by atoms with Gasteiger partial charge in [0.2, 0.25) is 0 Å². The summed E-state index contributed by atoms with van der Waals surface area (Å²) in [6.45, 7) is -0.0965. The van der Waals surface area contributed by atoms with Gasteiger partial charge in [-0.2, -0.15) is 0 Å². The fraction of sp³-hybridized carbons (Fsp3) is 0.316. The van der Waals surface area contributed by atoms with Crippen LogP contribution in [0.4, 0.5) is 4.39 Å². The van der Waals surface area contributed by atoms with Crippen LogP contribution >= 0.6 is 0 Å². The summed E-state index contributed by atoms with van der Waals surface area (Å²) in [6.07, 6.45) is 2.01. The van der Waals surface area contributed by atoms with E-state index in [-0.39, 0.29) is 35.4 Å². The molecule has 2 atom stereocenters. The van der Waals surface area contributed by atoms with Crippen LogP contribution in [0.1, 0.15) is 32.7 Å². The monoisotopic (exact) mass is 373 g/mol. The van der Waals surface area contributed by atoms with Crippen LogP contribution in [0.5, 0.6) is 0 Å². The van der Waals surface area contributed by atoms with Crippen LogP contribution in [0.15, 0.2) is 41.3 Å². The molecule has 2 N–H and O–H groups in total. The predicted octanol–water partition coefficient (Wildman–Crippen LogP) is 0.912. The van der Waals surface area contributed by atoms with E-state index in [0.717, 1.165) is 0 Å². The van der Waals surface area contributed by atoms with Crippen molar-refractivity contribution in [2.24, 2.45) is 0 Å². The number of carbonyl (C=O) groups excluding carboxylic acids is 2. The highest BCUT2D eigenvalue weighted by Gasteiger charge is 2.38. The van der Waals surface area contributed by atoms with E-state index in [4.69, 9.17) is 4.74 Å². The average molecular weight is 373 g/mol. The van der Waals surface area contributed by atoms with Crippen molar-refractivity contribution in [1.29, 1.82) is 0 Å². The van der Waals surface area contributed by atoms with Crippen LogP contribution in [0, 0.1) is 5.82 Å². The molecular formula is C19H20FN3O4. The molecule has 0 aliphatic heterocycles. The third-order valence-electron chi connectivity index (χ3n) is 4.47. The van der Waals surface area contributed by atoms with Gasteiger partial charge in [0.15, 0.2) is 0 Å². The third kappa shape index (κ3) is 4.06. The fourth-order valence-corrected chi connectivity index (χ4v) is 2.82. The Labute approximate surface area is 155 Å². The van der Waals surface area contributed by atoms with E-state index < -0.39 is 23.2 Å². The summed E-state index contributed by atoms with van der Waals surface area (Å²) >= 11 is 0. The molecule has 1 heterocycles. The molecule has 0 bridgehead atoms. The Balaban J connectivity index is 1.96. The number of methoxy groups -OCH3 is 1. The molecule has 142 valence electrons. The number of nitrogens with zero attached hydrogens (tertiary/aromatic N) is 1. The topological polar surface area (TPSA) is 89.4 Å². The normalized spacial score (nSPS) is 18.0. The molecule has 1 fully saturated rings. The smallest absolute Gasteiger partial charge is 0.263 e. The zero-order chi connectivity index (χ0) is 19.6. The second-order valence-electron chi connectivity index (χ2n) is 6.34. The summed E-state index contributed by atoms with van der Waals surface area (Å²) in [6, 6.07) is 7.17. The van der Waals surface area contributed by atoms with Crippen molar-refractivity contribution in [1.82, 2.24) is 15.2 Å². The lowest BCUT2D eigenvalue weighted by molar-refractivity contribution is 0.0934. The molecule has 2 aromatic rings. The Morgan fingerprint density at radius 2 is 2.04 bits per heavy atom. The van der Waals surface area contributed by atoms with Crippen molar-refractivity contribution in [3.63, 3.8) is 0 Å². The number of ether oxygens (including phenoxy) is 1. The first-order chi connectivity index (χ1) is 12.9. The molecule has 2 amide bonds. The van der Waals surface area contributed by atoms with Gasteiger partial charge < -0.3 is 19.9 Å². The quantitative estimate of drug-likeness (QED) is 0.788. The number of nitrogens with one attached hydrogen (secondary N) is 2. The minimum atomic E-state index is -0.613. The Hall–Kier alpha value is -3.00. The van der Waals surface area contributed by atoms with Crippen LogP contribution in [0.2, 0.25) is 0 Å². The van der Waals surface area contributed by atoms with Crippen molar-refractivity contribution < 1.29 is 18.7 Å². The van der Waals surface area contributed by atoms with Gasteiger partial charge in [-0.3, -0.25) is 14.4 Å². The molecule has 0 radical (unpaired) electrons. The number of halogens is 1. The lowest BCUT2D eigenvalue weighted by Gasteiger charge is -2.12. The highest BCUT2D eigenvalue weighted by atomic mass is 19.1. The molecule has 1 aromatic heterocycles. The zero-order valence-corrected chi connectivity index (χ0v) is 15.0. The van der Waals surface area contributed by atoms with Crippen LogP contribution < -0.4 is 16.2 Å². The molecule has 1 aromatic carbocycles. The molecule has 3 rings (SSSR count). The van der Waals surface area contributed by atoms with E-state index in [0.29, 0.717) is 6.42 Å². The highest BCUT2D eigenvalue weighted by molar-refractivity contribution is 5.99. The lowest BCUT2D eigenvalue weighted by atomic mass is 10.1. The van der Waals surface area contributed by atoms with Crippen LogP contribution in [-0.2, 0) is 11.3 Å². The SMILES string of the molecule is CNC(=O)c1cc(C(=O)N[C@H]2C[C@@H]2OC)cn(Cc2ccccc2F)c1=O. The maximum atomic E-state index is 14.0. The Morgan fingerprint density at radius 1 is 1.30 bits per heavy atom. The van der Waals surface area contributed by atoms with Gasteiger partial charge in [0.1, 0.15) is 11.4 Å². The number of benzene rings is 1. The summed E-state index contributed by atoms with van der Waals surface area (Å²) in [4.78, 5) is 37.2. The molecule has 0 unspecified atom stereocenters. The van der Waals surface area contributed by atoms with Crippen LogP contribution in [0.25, 0.3) is 0 Å². The first-order valence-corrected chi connectivity index (χ1v) is 8.48. The third-order valence-corrected chi connectivity index (χ3v) is 4.47. The number of amides is 2. The predicted molar refractivity (Wildman–Crippen MR) is 96.3 cm³/mol. The van der Waals surface area contributed by atoms with Crippen molar-refractivity contribution in [3.05, 3.63) is 69.4 Å². The van der Waals surface area contributed by atoms with E-state index in [1.54, 1.807) is 25.3 Å². The zero-order valence-electron chi connectivity index (χ0n) is 15.0. The molecule has 0 spiro atoms. The van der Waals surface area contributed by atoms with Crippen LogP contribution in [-0.4, -0.2) is 42.7 Å². The molecule has 8 heteroatoms. The maximum Gasteiger partial charge on any atom is 0.263 e. The summed E-state index contributed by atoms with van der Waals surface area (Å²) in [5, 5.41) is 5.17. The van der Waals surface area contributed by atoms with Gasteiger partial charge in [-0.05, 0) is 18.6 Å². The highest BCUT2D eigenvalue weighted by Crippen LogP contribution is 2.24. The van der Waals surface area contributed by atoms with Crippen molar-refractivity contribution in [2.75, 3.05) is 14.2 Å². The summed E-state index contributed by atoms with van der Waals surface area (Å²) in [7, 11) is 2.96. The maximum absolute atomic E-state index is 14.0. The first kappa shape index (κ1) is 18.8. The van der Waals surface area contributed by atoms with Gasteiger partial charge in [0.05, 0.1) is 24.3 Å². The summed E-state index contributed by atoms with van der Waals surface area (Å²) in [5.74, 6) is -1.51. The molecule has 1 aliphatic carbocycles. The number of pyridine rings is 1. The second kappa shape index (κ2) is 7.71. The molecule has 1 saturated carbocycles. The number of rotatable bonds is 6. The van der Waals surface area contributed by atoms with E-state index in [1.165, 1.54) is 29.9 Å². The number of hydrogen-bond donors (Lipinski definition) is 2. The second-order valence-corrected chi connectivity index (χ2v) is 6.34. The molecule has 0 saturated heterocycles. The molecular weight excluding hydrogens is 353 g/mol. The largest absolute Gasteiger partial charge is 0.379 e. The number of hydrogen-bond acceptors (Lipinski definition) is 4. The van der Waals surface area contributed by atoms with E-state index in [2.05, 4.69) is 10.6 Å². The number of carbonyl (C=O) groups is 2. The van der Waals surface area contributed by atoms with Crippen molar-refractivity contribution in [3.8, 4) is 0 Å². The minimum Gasteiger partial charge on any atom is -0.379 e. The van der Waals surface area contributed by atoms with Gasteiger partial charge in [-0.15, -0.1) is 0 Å². The van der Waals surface area contributed by atoms with E-state index in [1.807, 2.05) is 0 Å². The average Bonchev–Trinajstić information content (AvgIpc) is 3.42. The van der Waals surface area contributed by atoms with Crippen molar-refractivity contribution in [2.45, 2.75) is 25.1 Å². The summed E-state index contributed by atoms with van der Waals surface area (Å²) in [5.41, 5.74) is -0.358. The Morgan fingerprint density at radius 3 is 2.67 bits per heavy atom. The standard InChI is InChI=1S/C19H20FN3O4/c1-21-18(25)13-7-12(17(24)22-15-8-16(15)27-2)10-23(19(13)26)9-11-5-3-4-6-14(11)20/h3-7,10,15-16H,8-9H2,1-2H3,(H,21,25)(H,22,24)/t15-,16-/m0/s1. The van der Waals surface area contributed by atoms with Gasteiger partial charge in [-0.1, -0.05) is 18.2 Å². The van der Waals surface area contributed by atoms with Gasteiger partial charge in [0, 0.05) is 25.9 Å². The summed E-state index contributed by atoms with van der Waals surface area (Å²) < 4.78 is 20.3. The Bertz CT molecular complexity index is 941.